The van der Waals surface area contributed by atoms with E-state index in [1.165, 1.54) is 31.2 Å². The summed E-state index contributed by atoms with van der Waals surface area (Å²) in [4.78, 5) is 4.25. The second-order valence-electron chi connectivity index (χ2n) is 4.62. The van der Waals surface area contributed by atoms with Crippen LogP contribution >= 0.6 is 15.9 Å². The standard InChI is InChI=1S/C13H19BrN2/c1-2-5-16-13(6-10-3-4-10)11-7-12(14)9-15-8-11/h7-10,13,16H,2-6H2,1H3. The minimum Gasteiger partial charge on any atom is -0.310 e. The zero-order chi connectivity index (χ0) is 11.4. The van der Waals surface area contributed by atoms with E-state index in [1.807, 2.05) is 12.4 Å². The van der Waals surface area contributed by atoms with Crippen LogP contribution < -0.4 is 5.32 Å². The van der Waals surface area contributed by atoms with E-state index in [0.29, 0.717) is 6.04 Å². The van der Waals surface area contributed by atoms with Crippen LogP contribution in [0.15, 0.2) is 22.9 Å². The molecule has 1 fully saturated rings. The third-order valence-electron chi connectivity index (χ3n) is 3.04. The molecule has 0 amide bonds. The van der Waals surface area contributed by atoms with Gasteiger partial charge in [0, 0.05) is 22.9 Å². The van der Waals surface area contributed by atoms with Gasteiger partial charge in [0.1, 0.15) is 0 Å². The zero-order valence-electron chi connectivity index (χ0n) is 9.75. The summed E-state index contributed by atoms with van der Waals surface area (Å²) < 4.78 is 1.07. The maximum absolute atomic E-state index is 4.25. The molecule has 1 atom stereocenters. The first-order valence-corrected chi connectivity index (χ1v) is 6.92. The van der Waals surface area contributed by atoms with Crippen molar-refractivity contribution in [3.8, 4) is 0 Å². The van der Waals surface area contributed by atoms with E-state index in [-0.39, 0.29) is 0 Å². The van der Waals surface area contributed by atoms with Crippen LogP contribution in [0.25, 0.3) is 0 Å². The molecule has 1 saturated carbocycles. The van der Waals surface area contributed by atoms with Gasteiger partial charge in [0.05, 0.1) is 0 Å². The molecule has 0 aliphatic heterocycles. The Morgan fingerprint density at radius 2 is 2.31 bits per heavy atom. The molecule has 1 heterocycles. The number of aromatic nitrogens is 1. The second kappa shape index (κ2) is 5.78. The SMILES string of the molecule is CCCNC(CC1CC1)c1cncc(Br)c1. The summed E-state index contributed by atoms with van der Waals surface area (Å²) in [5, 5.41) is 3.62. The lowest BCUT2D eigenvalue weighted by Crippen LogP contribution is -2.22. The molecule has 0 aromatic carbocycles. The molecule has 1 unspecified atom stereocenters. The van der Waals surface area contributed by atoms with Crippen molar-refractivity contribution in [3.63, 3.8) is 0 Å². The van der Waals surface area contributed by atoms with Gasteiger partial charge in [-0.05, 0) is 52.9 Å². The first-order chi connectivity index (χ1) is 7.79. The van der Waals surface area contributed by atoms with Gasteiger partial charge in [-0.1, -0.05) is 19.8 Å². The monoisotopic (exact) mass is 282 g/mol. The van der Waals surface area contributed by atoms with Crippen molar-refractivity contribution in [3.05, 3.63) is 28.5 Å². The number of hydrogen-bond donors (Lipinski definition) is 1. The van der Waals surface area contributed by atoms with Gasteiger partial charge in [-0.15, -0.1) is 0 Å². The van der Waals surface area contributed by atoms with Crippen molar-refractivity contribution in [1.29, 1.82) is 0 Å². The maximum atomic E-state index is 4.25. The van der Waals surface area contributed by atoms with Crippen LogP contribution in [-0.4, -0.2) is 11.5 Å². The maximum Gasteiger partial charge on any atom is 0.0410 e. The predicted molar refractivity (Wildman–Crippen MR) is 70.3 cm³/mol. The highest BCUT2D eigenvalue weighted by molar-refractivity contribution is 9.10. The molecule has 0 radical (unpaired) electrons. The molecule has 1 aromatic heterocycles. The Bertz CT molecular complexity index is 336. The van der Waals surface area contributed by atoms with Crippen LogP contribution in [0.5, 0.6) is 0 Å². The Hall–Kier alpha value is -0.410. The summed E-state index contributed by atoms with van der Waals surface area (Å²) in [7, 11) is 0. The highest BCUT2D eigenvalue weighted by Crippen LogP contribution is 2.37. The fourth-order valence-electron chi connectivity index (χ4n) is 1.96. The average Bonchev–Trinajstić information content (AvgIpc) is 3.08. The summed E-state index contributed by atoms with van der Waals surface area (Å²) in [5.74, 6) is 0.938. The van der Waals surface area contributed by atoms with Crippen LogP contribution in [0.4, 0.5) is 0 Å². The molecule has 1 N–H and O–H groups in total. The number of nitrogens with one attached hydrogen (secondary N) is 1. The van der Waals surface area contributed by atoms with Crippen LogP contribution in [-0.2, 0) is 0 Å². The van der Waals surface area contributed by atoms with Gasteiger partial charge in [0.25, 0.3) is 0 Å². The number of hydrogen-bond acceptors (Lipinski definition) is 2. The molecule has 88 valence electrons. The quantitative estimate of drug-likeness (QED) is 0.861. The topological polar surface area (TPSA) is 24.9 Å². The molecule has 16 heavy (non-hydrogen) atoms. The molecular weight excluding hydrogens is 264 g/mol. The summed E-state index contributed by atoms with van der Waals surface area (Å²) >= 11 is 3.49. The molecule has 0 saturated heterocycles. The van der Waals surface area contributed by atoms with Crippen molar-refractivity contribution in [1.82, 2.24) is 10.3 Å². The normalized spacial score (nSPS) is 17.4. The van der Waals surface area contributed by atoms with E-state index < -0.39 is 0 Å². The van der Waals surface area contributed by atoms with Gasteiger partial charge >= 0.3 is 0 Å². The van der Waals surface area contributed by atoms with Crippen molar-refractivity contribution in [2.45, 2.75) is 38.6 Å². The highest BCUT2D eigenvalue weighted by atomic mass is 79.9. The molecule has 2 rings (SSSR count). The molecule has 3 heteroatoms. The van der Waals surface area contributed by atoms with Crippen molar-refractivity contribution in [2.24, 2.45) is 5.92 Å². The fourth-order valence-corrected chi connectivity index (χ4v) is 2.34. The largest absolute Gasteiger partial charge is 0.310 e. The van der Waals surface area contributed by atoms with Gasteiger partial charge in [0.2, 0.25) is 0 Å². The van der Waals surface area contributed by atoms with Crippen molar-refractivity contribution in [2.75, 3.05) is 6.54 Å². The summed E-state index contributed by atoms with van der Waals surface area (Å²) in [6, 6.07) is 2.67. The number of halogens is 1. The Balaban J connectivity index is 2.03. The molecule has 1 aliphatic carbocycles. The molecule has 2 nitrogen and oxygen atoms in total. The van der Waals surface area contributed by atoms with Gasteiger partial charge in [-0.25, -0.2) is 0 Å². The summed E-state index contributed by atoms with van der Waals surface area (Å²) in [6.07, 6.45) is 9.09. The van der Waals surface area contributed by atoms with E-state index in [4.69, 9.17) is 0 Å². The van der Waals surface area contributed by atoms with E-state index in [1.54, 1.807) is 0 Å². The van der Waals surface area contributed by atoms with Crippen molar-refractivity contribution < 1.29 is 0 Å². The van der Waals surface area contributed by atoms with Crippen LogP contribution in [0.2, 0.25) is 0 Å². The van der Waals surface area contributed by atoms with E-state index in [0.717, 1.165) is 16.9 Å². The van der Waals surface area contributed by atoms with Gasteiger partial charge < -0.3 is 5.32 Å². The second-order valence-corrected chi connectivity index (χ2v) is 5.54. The van der Waals surface area contributed by atoms with Crippen LogP contribution in [0.1, 0.15) is 44.2 Å². The third kappa shape index (κ3) is 3.56. The summed E-state index contributed by atoms with van der Waals surface area (Å²) in [5.41, 5.74) is 1.31. The van der Waals surface area contributed by atoms with Crippen molar-refractivity contribution >= 4 is 15.9 Å². The highest BCUT2D eigenvalue weighted by Gasteiger charge is 2.26. The smallest absolute Gasteiger partial charge is 0.0410 e. The van der Waals surface area contributed by atoms with Crippen LogP contribution in [0.3, 0.4) is 0 Å². The third-order valence-corrected chi connectivity index (χ3v) is 3.47. The Labute approximate surface area is 106 Å². The minimum absolute atomic E-state index is 0.484. The van der Waals surface area contributed by atoms with E-state index in [9.17, 15) is 0 Å². The lowest BCUT2D eigenvalue weighted by atomic mass is 10.0. The van der Waals surface area contributed by atoms with Gasteiger partial charge in [0.15, 0.2) is 0 Å². The Kier molecular flexibility index (Phi) is 4.36. The number of nitrogens with zero attached hydrogens (tertiary/aromatic N) is 1. The lowest BCUT2D eigenvalue weighted by molar-refractivity contribution is 0.473. The van der Waals surface area contributed by atoms with Crippen LogP contribution in [0, 0.1) is 5.92 Å². The molecule has 1 aliphatic rings. The molecule has 1 aromatic rings. The molecule has 0 spiro atoms. The fraction of sp³-hybridized carbons (Fsp3) is 0.615. The molecular formula is C13H19BrN2. The predicted octanol–water partition coefficient (Wildman–Crippen LogP) is 3.68. The molecule has 0 bridgehead atoms. The Morgan fingerprint density at radius 3 is 2.94 bits per heavy atom. The van der Waals surface area contributed by atoms with E-state index in [2.05, 4.69) is 39.2 Å². The van der Waals surface area contributed by atoms with Gasteiger partial charge in [-0.2, -0.15) is 0 Å². The number of rotatable bonds is 6. The first kappa shape index (κ1) is 12.1. The number of pyridine rings is 1. The Morgan fingerprint density at radius 1 is 1.50 bits per heavy atom. The minimum atomic E-state index is 0.484. The summed E-state index contributed by atoms with van der Waals surface area (Å²) in [6.45, 7) is 3.30. The van der Waals surface area contributed by atoms with E-state index >= 15 is 0 Å². The first-order valence-electron chi connectivity index (χ1n) is 6.13. The van der Waals surface area contributed by atoms with Gasteiger partial charge in [-0.3, -0.25) is 4.98 Å². The lowest BCUT2D eigenvalue weighted by Gasteiger charge is -2.18. The average molecular weight is 283 g/mol. The zero-order valence-corrected chi connectivity index (χ0v) is 11.3.